The summed E-state index contributed by atoms with van der Waals surface area (Å²) < 4.78 is 59.3. The van der Waals surface area contributed by atoms with E-state index in [0.717, 1.165) is 16.8 Å². The maximum absolute atomic E-state index is 12.5. The van der Waals surface area contributed by atoms with Crippen molar-refractivity contribution in [3.63, 3.8) is 0 Å². The molecule has 258 valence electrons. The highest BCUT2D eigenvalue weighted by molar-refractivity contribution is 7.61. The van der Waals surface area contributed by atoms with E-state index in [2.05, 4.69) is 18.7 Å². The number of phosphoric ester groups is 2. The number of aromatic nitrogens is 2. The zero-order valence-corrected chi connectivity index (χ0v) is 25.3. The highest BCUT2D eigenvalue weighted by Gasteiger charge is 2.49. The van der Waals surface area contributed by atoms with Gasteiger partial charge in [0.1, 0.15) is 42.7 Å². The summed E-state index contributed by atoms with van der Waals surface area (Å²) in [4.78, 5) is 57.2. The van der Waals surface area contributed by atoms with Crippen molar-refractivity contribution in [2.45, 2.75) is 61.7 Å². The second-order valence-corrected chi connectivity index (χ2v) is 12.7. The molecule has 7 unspecified atom stereocenters. The number of aliphatic hydroxyl groups is 5. The molecular formula is C21H35N3O19P2. The molecule has 24 heteroatoms. The SMILES string of the molecule is COCCOCCC(=O)NCC1O[C@H](OP(=O)(O)OP(=O)(O)OCC2OC(n3ccc(=O)[nH]c3=O)[C@H](O)[C@@H]2O)C(O)[C@@H](O)C1O. The van der Waals surface area contributed by atoms with Crippen LogP contribution in [0.2, 0.25) is 0 Å². The van der Waals surface area contributed by atoms with Gasteiger partial charge in [0.05, 0.1) is 26.4 Å². The maximum atomic E-state index is 12.5. The van der Waals surface area contributed by atoms with Crippen molar-refractivity contribution in [1.82, 2.24) is 14.9 Å². The summed E-state index contributed by atoms with van der Waals surface area (Å²) in [6.07, 6.45) is -15.7. The van der Waals surface area contributed by atoms with Gasteiger partial charge >= 0.3 is 21.3 Å². The Labute approximate surface area is 253 Å². The molecule has 3 rings (SSSR count). The molecule has 22 nitrogen and oxygen atoms in total. The number of nitrogens with zero attached hydrogens (tertiary/aromatic N) is 1. The molecule has 0 spiro atoms. The molecular weight excluding hydrogens is 660 g/mol. The van der Waals surface area contributed by atoms with Crippen LogP contribution in [0.3, 0.4) is 0 Å². The first-order valence-electron chi connectivity index (χ1n) is 13.1. The number of amides is 1. The third kappa shape index (κ3) is 10.5. The maximum Gasteiger partial charge on any atom is 0.483 e. The number of carbonyl (C=O) groups excluding carboxylic acids is 1. The quantitative estimate of drug-likeness (QED) is 0.0580. The minimum absolute atomic E-state index is 0.0345. The molecule has 11 atom stereocenters. The minimum atomic E-state index is -5.68. The van der Waals surface area contributed by atoms with Crippen LogP contribution in [0.1, 0.15) is 12.6 Å². The van der Waals surface area contributed by atoms with Crippen molar-refractivity contribution >= 4 is 21.6 Å². The molecule has 2 aliphatic rings. The summed E-state index contributed by atoms with van der Waals surface area (Å²) in [7, 11) is -9.75. The van der Waals surface area contributed by atoms with Gasteiger partial charge in [0.2, 0.25) is 5.91 Å². The Hall–Kier alpha value is -1.95. The molecule has 2 fully saturated rings. The number of carbonyl (C=O) groups is 1. The van der Waals surface area contributed by atoms with E-state index in [1.165, 1.54) is 7.11 Å². The monoisotopic (exact) mass is 695 g/mol. The summed E-state index contributed by atoms with van der Waals surface area (Å²) in [5.74, 6) is -0.559. The molecule has 9 N–H and O–H groups in total. The van der Waals surface area contributed by atoms with E-state index in [1.807, 2.05) is 4.98 Å². The van der Waals surface area contributed by atoms with Crippen molar-refractivity contribution in [3.8, 4) is 0 Å². The summed E-state index contributed by atoms with van der Waals surface area (Å²) in [5, 5.41) is 53.3. The van der Waals surface area contributed by atoms with Crippen LogP contribution in [0.4, 0.5) is 0 Å². The topological polar surface area (TPSA) is 324 Å². The predicted octanol–water partition coefficient (Wildman–Crippen LogP) is -4.62. The highest BCUT2D eigenvalue weighted by Crippen LogP contribution is 2.61. The Morgan fingerprint density at radius 2 is 1.64 bits per heavy atom. The van der Waals surface area contributed by atoms with Crippen molar-refractivity contribution in [1.29, 1.82) is 0 Å². The van der Waals surface area contributed by atoms with Gasteiger partial charge in [-0.2, -0.15) is 4.31 Å². The molecule has 2 aliphatic heterocycles. The highest BCUT2D eigenvalue weighted by atomic mass is 31.3. The molecule has 1 aromatic rings. The van der Waals surface area contributed by atoms with E-state index in [-0.39, 0.29) is 19.6 Å². The van der Waals surface area contributed by atoms with Crippen LogP contribution in [-0.4, -0.2) is 140 Å². The predicted molar refractivity (Wildman–Crippen MR) is 142 cm³/mol. The minimum Gasteiger partial charge on any atom is -0.388 e. The Bertz CT molecular complexity index is 1340. The van der Waals surface area contributed by atoms with Crippen LogP contribution < -0.4 is 16.6 Å². The number of ether oxygens (including phenoxy) is 4. The van der Waals surface area contributed by atoms with Crippen LogP contribution in [0, 0.1) is 0 Å². The van der Waals surface area contributed by atoms with Crippen molar-refractivity contribution in [2.75, 3.05) is 40.1 Å². The number of H-pyrrole nitrogens is 1. The number of rotatable bonds is 16. The number of hydrogen-bond acceptors (Lipinski definition) is 17. The average Bonchev–Trinajstić information content (AvgIpc) is 3.23. The van der Waals surface area contributed by atoms with E-state index >= 15 is 0 Å². The van der Waals surface area contributed by atoms with Gasteiger partial charge < -0.3 is 59.6 Å². The Balaban J connectivity index is 1.54. The van der Waals surface area contributed by atoms with E-state index in [4.69, 9.17) is 18.9 Å². The van der Waals surface area contributed by atoms with Crippen molar-refractivity contribution in [3.05, 3.63) is 33.1 Å². The van der Waals surface area contributed by atoms with Crippen LogP contribution in [0.5, 0.6) is 0 Å². The van der Waals surface area contributed by atoms with Crippen LogP contribution in [-0.2, 0) is 46.2 Å². The summed E-state index contributed by atoms with van der Waals surface area (Å²) in [6.45, 7) is -0.929. The number of aliphatic hydroxyl groups excluding tert-OH is 5. The second kappa shape index (κ2) is 16.2. The third-order valence-electron chi connectivity index (χ3n) is 6.38. The zero-order chi connectivity index (χ0) is 33.5. The summed E-state index contributed by atoms with van der Waals surface area (Å²) in [5.41, 5.74) is -1.76. The van der Waals surface area contributed by atoms with Gasteiger partial charge in [-0.05, 0) is 0 Å². The third-order valence-corrected chi connectivity index (χ3v) is 8.98. The number of methoxy groups -OCH3 is 1. The molecule has 0 radical (unpaired) electrons. The molecule has 0 saturated carbocycles. The first-order valence-corrected chi connectivity index (χ1v) is 16.1. The molecule has 45 heavy (non-hydrogen) atoms. The van der Waals surface area contributed by atoms with Gasteiger partial charge in [-0.1, -0.05) is 0 Å². The summed E-state index contributed by atoms with van der Waals surface area (Å²) in [6, 6.07) is 0.926. The zero-order valence-electron chi connectivity index (χ0n) is 23.5. The molecule has 2 saturated heterocycles. The molecule has 0 aliphatic carbocycles. The van der Waals surface area contributed by atoms with Crippen molar-refractivity contribution in [2.24, 2.45) is 0 Å². The van der Waals surface area contributed by atoms with Crippen LogP contribution in [0.15, 0.2) is 21.9 Å². The number of aromatic amines is 1. The van der Waals surface area contributed by atoms with Gasteiger partial charge in [-0.3, -0.25) is 28.2 Å². The van der Waals surface area contributed by atoms with E-state index < -0.39 is 101 Å². The average molecular weight is 695 g/mol. The first-order chi connectivity index (χ1) is 21.0. The van der Waals surface area contributed by atoms with Gasteiger partial charge in [-0.15, -0.1) is 0 Å². The normalized spacial score (nSPS) is 32.9. The number of nitrogens with one attached hydrogen (secondary N) is 2. The lowest BCUT2D eigenvalue weighted by atomic mass is 9.99. The lowest BCUT2D eigenvalue weighted by molar-refractivity contribution is -0.273. The van der Waals surface area contributed by atoms with Gasteiger partial charge in [-0.25, -0.2) is 13.9 Å². The lowest BCUT2D eigenvalue weighted by Crippen LogP contribution is -2.60. The molecule has 0 bridgehead atoms. The van der Waals surface area contributed by atoms with Crippen LogP contribution >= 0.6 is 15.6 Å². The fourth-order valence-corrected chi connectivity index (χ4v) is 6.24. The molecule has 1 aromatic heterocycles. The fourth-order valence-electron chi connectivity index (χ4n) is 4.08. The summed E-state index contributed by atoms with van der Waals surface area (Å²) >= 11 is 0. The Morgan fingerprint density at radius 3 is 2.31 bits per heavy atom. The Kier molecular flexibility index (Phi) is 13.5. The van der Waals surface area contributed by atoms with Crippen molar-refractivity contribution < 1.29 is 81.5 Å². The van der Waals surface area contributed by atoms with E-state index in [0.29, 0.717) is 6.61 Å². The largest absolute Gasteiger partial charge is 0.483 e. The standard InChI is InChI=1S/C21H35N3O19P2/c1-37-6-7-38-5-3-12(25)22-8-10-14(27)16(29)18(31)20(41-10)42-45(35,36)43-44(33,34)39-9-11-15(28)17(30)19(40-11)24-4-2-13(26)23-21(24)32/h2,4,10-11,14-20,27-31H,3,5-9H2,1H3,(H,22,25)(H,33,34)(H,35,36)(H,23,26,32)/t10?,11?,14?,15-,16+,17-,18?,19?,20-/m1/s1. The molecule has 0 aromatic carbocycles. The van der Waals surface area contributed by atoms with E-state index in [1.54, 1.807) is 0 Å². The molecule has 1 amide bonds. The fraction of sp³-hybridized carbons (Fsp3) is 0.762. The Morgan fingerprint density at radius 1 is 0.956 bits per heavy atom. The molecule has 3 heterocycles. The number of phosphoric acid groups is 2. The first kappa shape index (κ1) is 37.5. The van der Waals surface area contributed by atoms with Crippen LogP contribution in [0.25, 0.3) is 0 Å². The van der Waals surface area contributed by atoms with E-state index in [9.17, 15) is 58.8 Å². The van der Waals surface area contributed by atoms with Gasteiger partial charge in [0.15, 0.2) is 12.5 Å². The van der Waals surface area contributed by atoms with Gasteiger partial charge in [0.25, 0.3) is 5.56 Å². The van der Waals surface area contributed by atoms with Gasteiger partial charge in [0, 0.05) is 32.3 Å². The smallest absolute Gasteiger partial charge is 0.388 e. The lowest BCUT2D eigenvalue weighted by Gasteiger charge is -2.40. The second-order valence-electron chi connectivity index (χ2n) is 9.66. The number of hydrogen-bond donors (Lipinski definition) is 9.